The van der Waals surface area contributed by atoms with Gasteiger partial charge in [0, 0.05) is 18.5 Å². The quantitative estimate of drug-likeness (QED) is 0.230. The van der Waals surface area contributed by atoms with Crippen LogP contribution in [0.1, 0.15) is 31.9 Å². The van der Waals surface area contributed by atoms with Crippen LogP contribution in [-0.4, -0.2) is 50.4 Å². The molecule has 230 valence electrons. The number of ether oxygens (including phenoxy) is 1. The van der Waals surface area contributed by atoms with Gasteiger partial charge in [-0.3, -0.25) is 13.9 Å². The van der Waals surface area contributed by atoms with Crippen molar-refractivity contribution in [2.45, 2.75) is 50.2 Å². The number of hydrogen-bond acceptors (Lipinski definition) is 5. The average molecular weight is 614 g/mol. The highest BCUT2D eigenvalue weighted by molar-refractivity contribution is 7.92. The van der Waals surface area contributed by atoms with Crippen LogP contribution < -0.4 is 14.4 Å². The van der Waals surface area contributed by atoms with Crippen molar-refractivity contribution in [3.63, 3.8) is 0 Å². The first kappa shape index (κ1) is 32.3. The first-order valence-electron chi connectivity index (χ1n) is 14.4. The maximum atomic E-state index is 14.5. The summed E-state index contributed by atoms with van der Waals surface area (Å²) in [4.78, 5) is 29.9. The van der Waals surface area contributed by atoms with Crippen molar-refractivity contribution in [1.82, 2.24) is 10.2 Å². The van der Waals surface area contributed by atoms with Crippen LogP contribution in [0.3, 0.4) is 0 Å². The number of carbonyl (C=O) groups excluding carboxylic acids is 2. The van der Waals surface area contributed by atoms with Gasteiger partial charge in [-0.1, -0.05) is 78.9 Å². The molecule has 8 nitrogen and oxygen atoms in total. The van der Waals surface area contributed by atoms with E-state index in [0.717, 1.165) is 15.4 Å². The van der Waals surface area contributed by atoms with E-state index in [1.165, 1.54) is 17.0 Å². The number of sulfonamides is 1. The van der Waals surface area contributed by atoms with Gasteiger partial charge in [-0.25, -0.2) is 8.42 Å². The van der Waals surface area contributed by atoms with Gasteiger partial charge < -0.3 is 15.0 Å². The lowest BCUT2D eigenvalue weighted by atomic mass is 10.0. The third-order valence-corrected chi connectivity index (χ3v) is 8.70. The van der Waals surface area contributed by atoms with E-state index in [-0.39, 0.29) is 23.8 Å². The number of anilines is 1. The highest BCUT2D eigenvalue weighted by Crippen LogP contribution is 2.25. The number of nitrogens with zero attached hydrogens (tertiary/aromatic N) is 2. The van der Waals surface area contributed by atoms with Gasteiger partial charge in [-0.2, -0.15) is 0 Å². The summed E-state index contributed by atoms with van der Waals surface area (Å²) in [5.74, 6) is -0.262. The Balaban J connectivity index is 1.80. The molecule has 0 aliphatic carbocycles. The lowest BCUT2D eigenvalue weighted by Crippen LogP contribution is -2.56. The van der Waals surface area contributed by atoms with E-state index in [2.05, 4.69) is 5.32 Å². The number of nitrogens with one attached hydrogen (secondary N) is 1. The highest BCUT2D eigenvalue weighted by Gasteiger charge is 2.35. The van der Waals surface area contributed by atoms with E-state index in [1.54, 1.807) is 67.8 Å². The van der Waals surface area contributed by atoms with Crippen LogP contribution in [0.15, 0.2) is 120 Å². The summed E-state index contributed by atoms with van der Waals surface area (Å²) in [7, 11) is -2.58. The highest BCUT2D eigenvalue weighted by atomic mass is 32.2. The predicted molar refractivity (Wildman–Crippen MR) is 173 cm³/mol. The standard InChI is InChI=1S/C35H39N3O5S/c1-35(2,3)36-34(40)32(24-27-15-8-5-9-16-27)37(25-28-17-14-20-30(23-28)43-4)33(39)26-38(29-18-10-6-11-19-29)44(41,42)31-21-12-7-13-22-31/h5-23,32H,24-26H2,1-4H3,(H,36,40)/t32-/m0/s1. The van der Waals surface area contributed by atoms with Crippen molar-refractivity contribution in [3.8, 4) is 5.75 Å². The van der Waals surface area contributed by atoms with E-state index >= 15 is 0 Å². The molecule has 0 fully saturated rings. The molecule has 0 saturated carbocycles. The molecular formula is C35H39N3O5S. The molecule has 0 bridgehead atoms. The van der Waals surface area contributed by atoms with Crippen LogP contribution >= 0.6 is 0 Å². The molecule has 1 atom stereocenters. The van der Waals surface area contributed by atoms with Crippen molar-refractivity contribution in [3.05, 3.63) is 126 Å². The minimum Gasteiger partial charge on any atom is -0.497 e. The number of carbonyl (C=O) groups is 2. The van der Waals surface area contributed by atoms with E-state index < -0.39 is 34.1 Å². The van der Waals surface area contributed by atoms with E-state index in [1.807, 2.05) is 63.2 Å². The fraction of sp³-hybridized carbons (Fsp3) is 0.257. The Morgan fingerprint density at radius 3 is 1.95 bits per heavy atom. The van der Waals surface area contributed by atoms with Crippen molar-refractivity contribution in [2.75, 3.05) is 18.0 Å². The topological polar surface area (TPSA) is 96.0 Å². The second-order valence-electron chi connectivity index (χ2n) is 11.5. The molecule has 0 spiro atoms. The van der Waals surface area contributed by atoms with Gasteiger partial charge in [0.15, 0.2) is 0 Å². The Morgan fingerprint density at radius 2 is 1.36 bits per heavy atom. The Labute approximate surface area is 260 Å². The summed E-state index contributed by atoms with van der Waals surface area (Å²) in [5.41, 5.74) is 1.37. The Kier molecular flexibility index (Phi) is 10.4. The molecule has 44 heavy (non-hydrogen) atoms. The Morgan fingerprint density at radius 1 is 0.795 bits per heavy atom. The lowest BCUT2D eigenvalue weighted by molar-refractivity contribution is -0.140. The Hall–Kier alpha value is -4.63. The van der Waals surface area contributed by atoms with Crippen LogP contribution in [0.5, 0.6) is 5.75 Å². The van der Waals surface area contributed by atoms with E-state index in [0.29, 0.717) is 11.4 Å². The summed E-state index contributed by atoms with van der Waals surface area (Å²) >= 11 is 0. The molecular weight excluding hydrogens is 574 g/mol. The average Bonchev–Trinajstić information content (AvgIpc) is 3.02. The van der Waals surface area contributed by atoms with Gasteiger partial charge in [0.25, 0.3) is 10.0 Å². The van der Waals surface area contributed by atoms with Crippen molar-refractivity contribution < 1.29 is 22.7 Å². The molecule has 0 unspecified atom stereocenters. The monoisotopic (exact) mass is 613 g/mol. The SMILES string of the molecule is COc1cccc(CN(C(=O)CN(c2ccccc2)S(=O)(=O)c2ccccc2)[C@@H](Cc2ccccc2)C(=O)NC(C)(C)C)c1. The zero-order valence-corrected chi connectivity index (χ0v) is 26.3. The van der Waals surface area contributed by atoms with Gasteiger partial charge in [-0.15, -0.1) is 0 Å². The summed E-state index contributed by atoms with van der Waals surface area (Å²) < 4.78 is 34.5. The maximum absolute atomic E-state index is 14.5. The first-order valence-corrected chi connectivity index (χ1v) is 15.8. The lowest BCUT2D eigenvalue weighted by Gasteiger charge is -2.35. The molecule has 4 aromatic carbocycles. The van der Waals surface area contributed by atoms with Crippen molar-refractivity contribution in [2.24, 2.45) is 0 Å². The number of benzene rings is 4. The molecule has 4 rings (SSSR count). The maximum Gasteiger partial charge on any atom is 0.264 e. The minimum atomic E-state index is -4.13. The predicted octanol–water partition coefficient (Wildman–Crippen LogP) is 5.45. The van der Waals surface area contributed by atoms with Crippen LogP contribution in [0, 0.1) is 0 Å². The summed E-state index contributed by atoms with van der Waals surface area (Å²) in [6, 6.07) is 32.3. The minimum absolute atomic E-state index is 0.0547. The fourth-order valence-electron chi connectivity index (χ4n) is 4.82. The molecule has 0 aliphatic heterocycles. The number of hydrogen-bond donors (Lipinski definition) is 1. The number of para-hydroxylation sites is 1. The van der Waals surface area contributed by atoms with Crippen molar-refractivity contribution >= 4 is 27.5 Å². The summed E-state index contributed by atoms with van der Waals surface area (Å²) in [5, 5.41) is 3.03. The van der Waals surface area contributed by atoms with Gasteiger partial charge in [-0.05, 0) is 68.3 Å². The first-order chi connectivity index (χ1) is 21.0. The van der Waals surface area contributed by atoms with Crippen LogP contribution in [0.2, 0.25) is 0 Å². The molecule has 2 amide bonds. The number of methoxy groups -OCH3 is 1. The molecule has 0 aliphatic rings. The second kappa shape index (κ2) is 14.2. The van der Waals surface area contributed by atoms with E-state index in [9.17, 15) is 18.0 Å². The third kappa shape index (κ3) is 8.48. The molecule has 0 saturated heterocycles. The molecule has 0 heterocycles. The molecule has 4 aromatic rings. The van der Waals surface area contributed by atoms with Crippen LogP contribution in [0.4, 0.5) is 5.69 Å². The van der Waals surface area contributed by atoms with Crippen molar-refractivity contribution in [1.29, 1.82) is 0 Å². The fourth-order valence-corrected chi connectivity index (χ4v) is 6.25. The smallest absolute Gasteiger partial charge is 0.264 e. The van der Waals surface area contributed by atoms with Gasteiger partial charge >= 0.3 is 0 Å². The van der Waals surface area contributed by atoms with Crippen LogP contribution in [-0.2, 0) is 32.6 Å². The molecule has 9 heteroatoms. The number of amides is 2. The summed E-state index contributed by atoms with van der Waals surface area (Å²) in [6.07, 6.45) is 0.231. The van der Waals surface area contributed by atoms with Crippen LogP contribution in [0.25, 0.3) is 0 Å². The molecule has 1 N–H and O–H groups in total. The molecule has 0 radical (unpaired) electrons. The zero-order chi connectivity index (χ0) is 31.7. The molecule has 0 aromatic heterocycles. The van der Waals surface area contributed by atoms with E-state index in [4.69, 9.17) is 4.74 Å². The zero-order valence-electron chi connectivity index (χ0n) is 25.5. The summed E-state index contributed by atoms with van der Waals surface area (Å²) in [6.45, 7) is 5.17. The van der Waals surface area contributed by atoms with Gasteiger partial charge in [0.1, 0.15) is 18.3 Å². The Bertz CT molecular complexity index is 1640. The van der Waals surface area contributed by atoms with Gasteiger partial charge in [0.05, 0.1) is 17.7 Å². The number of rotatable bonds is 12. The second-order valence-corrected chi connectivity index (χ2v) is 13.3. The van der Waals surface area contributed by atoms with Gasteiger partial charge in [0.2, 0.25) is 11.8 Å². The normalized spacial score (nSPS) is 12.2. The largest absolute Gasteiger partial charge is 0.497 e. The third-order valence-electron chi connectivity index (χ3n) is 6.91.